The number of halogens is 2. The van der Waals surface area contributed by atoms with E-state index in [1.165, 1.54) is 12.1 Å². The molecule has 2 unspecified atom stereocenters. The van der Waals surface area contributed by atoms with E-state index in [0.717, 1.165) is 24.0 Å². The lowest BCUT2D eigenvalue weighted by molar-refractivity contribution is -0.385. The molecule has 0 bridgehead atoms. The summed E-state index contributed by atoms with van der Waals surface area (Å²) in [5, 5.41) is 21.4. The van der Waals surface area contributed by atoms with Gasteiger partial charge in [-0.05, 0) is 49.3 Å². The Morgan fingerprint density at radius 3 is 2.45 bits per heavy atom. The lowest BCUT2D eigenvalue weighted by atomic mass is 9.80. The number of nitro benzene ring substituents is 1. The van der Waals surface area contributed by atoms with E-state index in [2.05, 4.69) is 6.07 Å². The summed E-state index contributed by atoms with van der Waals surface area (Å²) in [5.41, 5.74) is 1.63. The number of carbonyl (C=O) groups is 1. The van der Waals surface area contributed by atoms with Gasteiger partial charge in [0.2, 0.25) is 0 Å². The topological polar surface area (TPSA) is 102 Å². The minimum Gasteiger partial charge on any atom is -0.466 e. The lowest BCUT2D eigenvalue weighted by Crippen LogP contribution is -2.29. The molecule has 0 radical (unpaired) electrons. The Morgan fingerprint density at radius 2 is 1.88 bits per heavy atom. The van der Waals surface area contributed by atoms with Crippen LogP contribution < -0.4 is 0 Å². The highest BCUT2D eigenvalue weighted by Gasteiger charge is 2.32. The van der Waals surface area contributed by atoms with Gasteiger partial charge in [0, 0.05) is 24.8 Å². The van der Waals surface area contributed by atoms with E-state index in [0.29, 0.717) is 19.8 Å². The molecule has 0 amide bonds. The van der Waals surface area contributed by atoms with E-state index in [1.807, 2.05) is 24.3 Å². The van der Waals surface area contributed by atoms with Crippen molar-refractivity contribution in [1.29, 1.82) is 5.26 Å². The first-order chi connectivity index (χ1) is 15.8. The van der Waals surface area contributed by atoms with Crippen molar-refractivity contribution in [3.05, 3.63) is 73.2 Å². The van der Waals surface area contributed by atoms with Gasteiger partial charge in [0.15, 0.2) is 0 Å². The highest BCUT2D eigenvalue weighted by molar-refractivity contribution is 6.42. The zero-order valence-electron chi connectivity index (χ0n) is 18.1. The van der Waals surface area contributed by atoms with Crippen LogP contribution in [-0.4, -0.2) is 30.7 Å². The monoisotopic (exact) mass is 490 g/mol. The highest BCUT2D eigenvalue weighted by Crippen LogP contribution is 2.37. The standard InChI is InChI=1S/C24H24Cl2N2O5/c1-2-33-24(29)23(17-7-9-32-10-8-17)16-5-3-15(4-6-16)11-18(14-27)19-12-20(25)21(26)13-22(19)28(30)31/h3-6,12-13,17-18,23H,2,7-11H2,1H3. The van der Waals surface area contributed by atoms with Gasteiger partial charge < -0.3 is 9.47 Å². The van der Waals surface area contributed by atoms with Gasteiger partial charge in [-0.1, -0.05) is 47.5 Å². The van der Waals surface area contributed by atoms with E-state index < -0.39 is 10.8 Å². The molecule has 3 rings (SSSR count). The van der Waals surface area contributed by atoms with E-state index in [1.54, 1.807) is 6.92 Å². The molecule has 7 nitrogen and oxygen atoms in total. The summed E-state index contributed by atoms with van der Waals surface area (Å²) < 4.78 is 10.8. The Balaban J connectivity index is 1.85. The van der Waals surface area contributed by atoms with Gasteiger partial charge in [-0.15, -0.1) is 0 Å². The third kappa shape index (κ3) is 6.02. The lowest BCUT2D eigenvalue weighted by Gasteiger charge is -2.29. The Bertz CT molecular complexity index is 1050. The molecule has 1 aliphatic heterocycles. The molecule has 1 saturated heterocycles. The summed E-state index contributed by atoms with van der Waals surface area (Å²) in [6.07, 6.45) is 1.81. The molecule has 1 aliphatic rings. The molecule has 2 aromatic rings. The number of hydrogen-bond acceptors (Lipinski definition) is 6. The molecule has 174 valence electrons. The first-order valence-electron chi connectivity index (χ1n) is 10.7. The second-order valence-corrected chi connectivity index (χ2v) is 8.70. The number of nitriles is 1. The van der Waals surface area contributed by atoms with Crippen molar-refractivity contribution >= 4 is 34.9 Å². The maximum Gasteiger partial charge on any atom is 0.313 e. The highest BCUT2D eigenvalue weighted by atomic mass is 35.5. The van der Waals surface area contributed by atoms with Gasteiger partial charge in [0.05, 0.1) is 39.5 Å². The van der Waals surface area contributed by atoms with Crippen molar-refractivity contribution < 1.29 is 19.2 Å². The van der Waals surface area contributed by atoms with Crippen LogP contribution in [0.5, 0.6) is 0 Å². The fraction of sp³-hybridized carbons (Fsp3) is 0.417. The van der Waals surface area contributed by atoms with Crippen molar-refractivity contribution in [3.63, 3.8) is 0 Å². The molecule has 2 atom stereocenters. The predicted molar refractivity (Wildman–Crippen MR) is 125 cm³/mol. The third-order valence-corrected chi connectivity index (χ3v) is 6.58. The maximum absolute atomic E-state index is 12.7. The number of nitro groups is 1. The van der Waals surface area contributed by atoms with Crippen molar-refractivity contribution in [1.82, 2.24) is 0 Å². The molecule has 9 heteroatoms. The van der Waals surface area contributed by atoms with E-state index in [9.17, 15) is 20.2 Å². The molecule has 33 heavy (non-hydrogen) atoms. The number of benzene rings is 2. The molecule has 0 aliphatic carbocycles. The first-order valence-corrected chi connectivity index (χ1v) is 11.5. The third-order valence-electron chi connectivity index (χ3n) is 5.85. The Labute approximate surface area is 202 Å². The number of ether oxygens (including phenoxy) is 2. The predicted octanol–water partition coefficient (Wildman–Crippen LogP) is 5.82. The van der Waals surface area contributed by atoms with Crippen LogP contribution in [0, 0.1) is 27.4 Å². The molecule has 2 aromatic carbocycles. The number of esters is 1. The minimum atomic E-state index is -0.789. The van der Waals surface area contributed by atoms with Crippen LogP contribution in [0.25, 0.3) is 0 Å². The summed E-state index contributed by atoms with van der Waals surface area (Å²) in [5.74, 6) is -1.29. The molecular weight excluding hydrogens is 467 g/mol. The SMILES string of the molecule is CCOC(=O)C(c1ccc(CC(C#N)c2cc(Cl)c(Cl)cc2[N+](=O)[O-])cc1)C1CCOCC1. The fourth-order valence-electron chi connectivity index (χ4n) is 4.19. The quantitative estimate of drug-likeness (QED) is 0.262. The smallest absolute Gasteiger partial charge is 0.313 e. The van der Waals surface area contributed by atoms with Crippen molar-refractivity contribution in [2.24, 2.45) is 5.92 Å². The molecule has 0 N–H and O–H groups in total. The summed E-state index contributed by atoms with van der Waals surface area (Å²) in [4.78, 5) is 23.6. The zero-order valence-corrected chi connectivity index (χ0v) is 19.6. The zero-order chi connectivity index (χ0) is 24.0. The van der Waals surface area contributed by atoms with Gasteiger partial charge in [0.25, 0.3) is 5.69 Å². The number of rotatable bonds is 8. The van der Waals surface area contributed by atoms with Crippen LogP contribution in [-0.2, 0) is 20.7 Å². The largest absolute Gasteiger partial charge is 0.466 e. The second-order valence-electron chi connectivity index (χ2n) is 7.89. The van der Waals surface area contributed by atoms with Gasteiger partial charge >= 0.3 is 5.97 Å². The van der Waals surface area contributed by atoms with E-state index >= 15 is 0 Å². The molecule has 0 aromatic heterocycles. The average Bonchev–Trinajstić information content (AvgIpc) is 2.81. The maximum atomic E-state index is 12.7. The van der Waals surface area contributed by atoms with Crippen molar-refractivity contribution in [3.8, 4) is 6.07 Å². The van der Waals surface area contributed by atoms with E-state index in [-0.39, 0.29) is 45.5 Å². The van der Waals surface area contributed by atoms with Crippen molar-refractivity contribution in [2.75, 3.05) is 19.8 Å². The second kappa shape index (κ2) is 11.5. The normalized spacial score (nSPS) is 15.9. The van der Waals surface area contributed by atoms with Crippen LogP contribution in [0.15, 0.2) is 36.4 Å². The Kier molecular flexibility index (Phi) is 8.67. The van der Waals surface area contributed by atoms with Crippen LogP contribution in [0.2, 0.25) is 10.0 Å². The van der Waals surface area contributed by atoms with E-state index in [4.69, 9.17) is 32.7 Å². The van der Waals surface area contributed by atoms with Gasteiger partial charge in [0.1, 0.15) is 0 Å². The number of hydrogen-bond donors (Lipinski definition) is 0. The summed E-state index contributed by atoms with van der Waals surface area (Å²) in [7, 11) is 0. The fourth-order valence-corrected chi connectivity index (χ4v) is 4.52. The van der Waals surface area contributed by atoms with Gasteiger partial charge in [-0.3, -0.25) is 14.9 Å². The summed E-state index contributed by atoms with van der Waals surface area (Å²) >= 11 is 12.0. The summed E-state index contributed by atoms with van der Waals surface area (Å²) in [6, 6.07) is 12.1. The Morgan fingerprint density at radius 1 is 1.24 bits per heavy atom. The van der Waals surface area contributed by atoms with Crippen LogP contribution >= 0.6 is 23.2 Å². The summed E-state index contributed by atoms with van der Waals surface area (Å²) in [6.45, 7) is 3.32. The average molecular weight is 491 g/mol. The molecular formula is C24H24Cl2N2O5. The van der Waals surface area contributed by atoms with Crippen LogP contribution in [0.3, 0.4) is 0 Å². The van der Waals surface area contributed by atoms with Gasteiger partial charge in [-0.25, -0.2) is 0 Å². The van der Waals surface area contributed by atoms with Gasteiger partial charge in [-0.2, -0.15) is 5.26 Å². The molecule has 0 spiro atoms. The number of carbonyl (C=O) groups excluding carboxylic acids is 1. The molecule has 1 fully saturated rings. The van der Waals surface area contributed by atoms with Crippen molar-refractivity contribution in [2.45, 2.75) is 38.0 Å². The number of nitrogens with zero attached hydrogens (tertiary/aromatic N) is 2. The Hall–Kier alpha value is -2.66. The molecule has 0 saturated carbocycles. The van der Waals surface area contributed by atoms with Crippen LogP contribution in [0.4, 0.5) is 5.69 Å². The van der Waals surface area contributed by atoms with Crippen LogP contribution in [0.1, 0.15) is 48.3 Å². The molecule has 1 heterocycles. The first kappa shape index (κ1) is 25.0. The minimum absolute atomic E-state index is 0.0614.